The lowest BCUT2D eigenvalue weighted by atomic mass is 10.3. The molecule has 0 amide bonds. The van der Waals surface area contributed by atoms with Crippen molar-refractivity contribution in [3.8, 4) is 0 Å². The van der Waals surface area contributed by atoms with Gasteiger partial charge in [0.1, 0.15) is 0 Å². The first-order valence-corrected chi connectivity index (χ1v) is 4.49. The zero-order valence-corrected chi connectivity index (χ0v) is 6.60. The van der Waals surface area contributed by atoms with E-state index < -0.39 is 0 Å². The van der Waals surface area contributed by atoms with E-state index >= 15 is 0 Å². The molecule has 0 saturated carbocycles. The minimum Gasteiger partial charge on any atom is -0.356 e. The van der Waals surface area contributed by atoms with E-state index in [4.69, 9.17) is 4.74 Å². The molecule has 2 atom stereocenters. The smallest absolute Gasteiger partial charge is 0.165 e. The molecule has 0 aliphatic carbocycles. The van der Waals surface area contributed by atoms with Crippen molar-refractivity contribution in [3.63, 3.8) is 0 Å². The number of nitrogens with one attached hydrogen (secondary N) is 1. The Morgan fingerprint density at radius 3 is 3.27 bits per heavy atom. The van der Waals surface area contributed by atoms with Gasteiger partial charge in [0, 0.05) is 10.6 Å². The summed E-state index contributed by atoms with van der Waals surface area (Å²) in [6.45, 7) is 0. The molecule has 1 aromatic carbocycles. The van der Waals surface area contributed by atoms with E-state index in [9.17, 15) is 0 Å². The molecule has 3 heteroatoms. The monoisotopic (exact) mass is 165 g/mol. The molecule has 56 valence electrons. The third kappa shape index (κ3) is 0.847. The highest BCUT2D eigenvalue weighted by atomic mass is 32.2. The highest BCUT2D eigenvalue weighted by Crippen LogP contribution is 2.46. The summed E-state index contributed by atoms with van der Waals surface area (Å²) in [6.07, 6.45) is 0.273. The minimum atomic E-state index is 0.273. The number of anilines is 1. The third-order valence-electron chi connectivity index (χ3n) is 1.88. The Kier molecular flexibility index (Phi) is 1.04. The van der Waals surface area contributed by atoms with Crippen LogP contribution in [0.25, 0.3) is 0 Å². The zero-order valence-electron chi connectivity index (χ0n) is 5.78. The van der Waals surface area contributed by atoms with Gasteiger partial charge in [0.2, 0.25) is 0 Å². The van der Waals surface area contributed by atoms with Crippen molar-refractivity contribution >= 4 is 17.4 Å². The molecule has 2 aliphatic rings. The molecule has 0 bridgehead atoms. The van der Waals surface area contributed by atoms with E-state index in [1.165, 1.54) is 10.6 Å². The summed E-state index contributed by atoms with van der Waals surface area (Å²) in [4.78, 5) is 1.30. The van der Waals surface area contributed by atoms with Crippen molar-refractivity contribution in [1.82, 2.24) is 0 Å². The predicted molar refractivity (Wildman–Crippen MR) is 44.6 cm³/mol. The number of epoxide rings is 1. The van der Waals surface area contributed by atoms with Crippen LogP contribution in [0.2, 0.25) is 0 Å². The molecule has 0 aromatic heterocycles. The van der Waals surface area contributed by atoms with Crippen LogP contribution < -0.4 is 5.32 Å². The van der Waals surface area contributed by atoms with Crippen LogP contribution in [0.4, 0.5) is 5.69 Å². The molecule has 0 spiro atoms. The number of rotatable bonds is 0. The number of thioether (sulfide) groups is 1. The fraction of sp³-hybridized carbons (Fsp3) is 0.250. The van der Waals surface area contributed by atoms with Crippen molar-refractivity contribution in [1.29, 1.82) is 0 Å². The van der Waals surface area contributed by atoms with Gasteiger partial charge in [-0.15, -0.1) is 0 Å². The maximum absolute atomic E-state index is 5.31. The second kappa shape index (κ2) is 1.93. The quantitative estimate of drug-likeness (QED) is 0.594. The van der Waals surface area contributed by atoms with Gasteiger partial charge >= 0.3 is 0 Å². The summed E-state index contributed by atoms with van der Waals surface area (Å²) in [7, 11) is 0. The highest BCUT2D eigenvalue weighted by Gasteiger charge is 2.43. The van der Waals surface area contributed by atoms with E-state index in [0.29, 0.717) is 5.44 Å². The summed E-state index contributed by atoms with van der Waals surface area (Å²) in [6, 6.07) is 8.29. The topological polar surface area (TPSA) is 24.6 Å². The Bertz CT molecular complexity index is 273. The number of benzene rings is 1. The first-order chi connectivity index (χ1) is 5.43. The number of fused-ring (bicyclic) bond motifs is 2. The van der Waals surface area contributed by atoms with E-state index in [1.807, 2.05) is 6.07 Å². The summed E-state index contributed by atoms with van der Waals surface area (Å²) in [5.74, 6) is 0. The molecule has 2 aliphatic heterocycles. The molecular formula is C8H7NOS. The molecule has 1 aromatic rings. The Morgan fingerprint density at radius 2 is 2.27 bits per heavy atom. The van der Waals surface area contributed by atoms with Crippen LogP contribution in [-0.2, 0) is 4.74 Å². The van der Waals surface area contributed by atoms with Crippen LogP contribution in [-0.4, -0.2) is 11.7 Å². The molecule has 3 rings (SSSR count). The second-order valence-electron chi connectivity index (χ2n) is 2.68. The average Bonchev–Trinajstić information content (AvgIpc) is 2.77. The van der Waals surface area contributed by atoms with Gasteiger partial charge in [-0.05, 0) is 12.1 Å². The number of hydrogen-bond acceptors (Lipinski definition) is 3. The summed E-state index contributed by atoms with van der Waals surface area (Å²) in [5.41, 5.74) is 1.57. The predicted octanol–water partition coefficient (Wildman–Crippen LogP) is 1.89. The minimum absolute atomic E-state index is 0.273. The largest absolute Gasteiger partial charge is 0.356 e. The van der Waals surface area contributed by atoms with Crippen molar-refractivity contribution in [3.05, 3.63) is 24.3 Å². The van der Waals surface area contributed by atoms with Crippen LogP contribution in [0.1, 0.15) is 0 Å². The zero-order chi connectivity index (χ0) is 7.26. The van der Waals surface area contributed by atoms with Gasteiger partial charge in [-0.25, -0.2) is 0 Å². The first kappa shape index (κ1) is 5.91. The van der Waals surface area contributed by atoms with Crippen LogP contribution in [0, 0.1) is 0 Å². The highest BCUT2D eigenvalue weighted by molar-refractivity contribution is 8.00. The van der Waals surface area contributed by atoms with Crippen molar-refractivity contribution in [2.45, 2.75) is 16.6 Å². The maximum Gasteiger partial charge on any atom is 0.165 e. The lowest BCUT2D eigenvalue weighted by molar-refractivity contribution is 0.419. The van der Waals surface area contributed by atoms with E-state index in [1.54, 1.807) is 11.8 Å². The normalized spacial score (nSPS) is 31.6. The summed E-state index contributed by atoms with van der Waals surface area (Å²) < 4.78 is 5.31. The number of para-hydroxylation sites is 1. The molecule has 2 heterocycles. The van der Waals surface area contributed by atoms with Crippen molar-refractivity contribution < 1.29 is 4.74 Å². The van der Waals surface area contributed by atoms with Crippen LogP contribution in [0.15, 0.2) is 29.2 Å². The van der Waals surface area contributed by atoms with Crippen LogP contribution in [0.3, 0.4) is 0 Å². The standard InChI is InChI=1S/C8H7NOS/c1-2-4-6-5(3-1)9-7-8(10-7)11-6/h1-4,7-9H. The first-order valence-electron chi connectivity index (χ1n) is 3.61. The maximum atomic E-state index is 5.31. The van der Waals surface area contributed by atoms with Crippen molar-refractivity contribution in [2.75, 3.05) is 5.32 Å². The molecule has 2 unspecified atom stereocenters. The molecule has 1 saturated heterocycles. The second-order valence-corrected chi connectivity index (χ2v) is 3.82. The van der Waals surface area contributed by atoms with E-state index in [-0.39, 0.29) is 6.23 Å². The van der Waals surface area contributed by atoms with Crippen LogP contribution in [0.5, 0.6) is 0 Å². The molecule has 1 fully saturated rings. The Morgan fingerprint density at radius 1 is 1.36 bits per heavy atom. The molecule has 11 heavy (non-hydrogen) atoms. The fourth-order valence-electron chi connectivity index (χ4n) is 1.26. The van der Waals surface area contributed by atoms with Gasteiger partial charge in [0.25, 0.3) is 0 Å². The van der Waals surface area contributed by atoms with Gasteiger partial charge in [-0.2, -0.15) is 0 Å². The Labute approximate surface area is 68.9 Å². The van der Waals surface area contributed by atoms with Gasteiger partial charge in [0.15, 0.2) is 11.7 Å². The Hall–Kier alpha value is -0.670. The van der Waals surface area contributed by atoms with Gasteiger partial charge in [-0.1, -0.05) is 23.9 Å². The molecule has 0 radical (unpaired) electrons. The SMILES string of the molecule is c1ccc2c(c1)NC1OC1S2. The molecule has 1 N–H and O–H groups in total. The summed E-state index contributed by atoms with van der Waals surface area (Å²) >= 11 is 1.80. The summed E-state index contributed by atoms with van der Waals surface area (Å²) in [5, 5.41) is 3.29. The fourth-order valence-corrected chi connectivity index (χ4v) is 2.29. The van der Waals surface area contributed by atoms with Gasteiger partial charge < -0.3 is 10.1 Å². The van der Waals surface area contributed by atoms with E-state index in [2.05, 4.69) is 23.5 Å². The van der Waals surface area contributed by atoms with E-state index in [0.717, 1.165) is 0 Å². The Balaban J connectivity index is 2.07. The van der Waals surface area contributed by atoms with Gasteiger partial charge in [-0.3, -0.25) is 0 Å². The van der Waals surface area contributed by atoms with Gasteiger partial charge in [0.05, 0.1) is 0 Å². The molecular weight excluding hydrogens is 158 g/mol. The van der Waals surface area contributed by atoms with Crippen LogP contribution >= 0.6 is 11.8 Å². The van der Waals surface area contributed by atoms with Crippen molar-refractivity contribution in [2.24, 2.45) is 0 Å². The molecule has 2 nitrogen and oxygen atoms in total. The lowest BCUT2D eigenvalue weighted by Crippen LogP contribution is -2.10. The lowest BCUT2D eigenvalue weighted by Gasteiger charge is -2.12. The third-order valence-corrected chi connectivity index (χ3v) is 3.08. The number of ether oxygens (including phenoxy) is 1. The average molecular weight is 165 g/mol. The number of hydrogen-bond donors (Lipinski definition) is 1.